The third-order valence-corrected chi connectivity index (χ3v) is 0.566. The maximum Gasteiger partial charge on any atom is 1.00 e. The fraction of sp³-hybridized carbons (Fsp3) is 0.444. The van der Waals surface area contributed by atoms with E-state index in [0.29, 0.717) is 0 Å². The molecule has 0 aliphatic heterocycles. The Bertz CT molecular complexity index is 139. The van der Waals surface area contributed by atoms with E-state index in [-0.39, 0.29) is 51.4 Å². The zero-order valence-corrected chi connectivity index (χ0v) is 11.4. The molecular weight excluding hydrogens is 177 g/mol. The number of rotatable bonds is 0. The number of aromatic nitrogens is 1. The summed E-state index contributed by atoms with van der Waals surface area (Å²) in [6.45, 7) is 4.90. The summed E-state index contributed by atoms with van der Waals surface area (Å²) in [5.41, 5.74) is -0.750. The van der Waals surface area contributed by atoms with Gasteiger partial charge in [0.2, 0.25) is 0 Å². The quantitative estimate of drug-likeness (QED) is 0.455. The van der Waals surface area contributed by atoms with Crippen molar-refractivity contribution >= 4 is 0 Å². The van der Waals surface area contributed by atoms with Gasteiger partial charge >= 0.3 is 51.4 Å². The number of pyridine rings is 1. The summed E-state index contributed by atoms with van der Waals surface area (Å²) < 4.78 is 0. The molecule has 0 N–H and O–H groups in total. The van der Waals surface area contributed by atoms with Gasteiger partial charge in [0, 0.05) is 12.4 Å². The molecular formula is C9H14KNO. The second kappa shape index (κ2) is 8.35. The van der Waals surface area contributed by atoms with Gasteiger partial charge in [-0.3, -0.25) is 4.98 Å². The molecule has 62 valence electrons. The Kier molecular flexibility index (Phi) is 10.6. The standard InChI is InChI=1S/C5H5N.C4H9O.K/c1-2-4-6-5-3-1;1-4(2,3)5;/h1-5H;1-3H3;/q;-1;+1. The molecule has 0 fully saturated rings. The Labute approximate surface area is 117 Å². The summed E-state index contributed by atoms with van der Waals surface area (Å²) in [4.78, 5) is 3.78. The van der Waals surface area contributed by atoms with Crippen molar-refractivity contribution in [3.05, 3.63) is 30.6 Å². The maximum atomic E-state index is 10.1. The first-order valence-electron chi connectivity index (χ1n) is 3.55. The van der Waals surface area contributed by atoms with E-state index in [9.17, 15) is 5.11 Å². The summed E-state index contributed by atoms with van der Waals surface area (Å²) in [6.07, 6.45) is 3.50. The van der Waals surface area contributed by atoms with Crippen LogP contribution in [0.2, 0.25) is 0 Å². The van der Waals surface area contributed by atoms with Crippen LogP contribution in [0.1, 0.15) is 20.8 Å². The molecule has 0 aliphatic carbocycles. The summed E-state index contributed by atoms with van der Waals surface area (Å²) >= 11 is 0. The fourth-order valence-corrected chi connectivity index (χ4v) is 0.313. The van der Waals surface area contributed by atoms with Crippen LogP contribution in [-0.4, -0.2) is 10.6 Å². The zero-order chi connectivity index (χ0) is 8.74. The largest absolute Gasteiger partial charge is 1.00 e. The second-order valence-corrected chi connectivity index (χ2v) is 3.14. The molecule has 1 heterocycles. The molecule has 0 saturated carbocycles. The zero-order valence-electron chi connectivity index (χ0n) is 8.24. The normalized spacial score (nSPS) is 9.00. The van der Waals surface area contributed by atoms with Gasteiger partial charge in [-0.05, 0) is 12.1 Å². The van der Waals surface area contributed by atoms with Crippen molar-refractivity contribution in [1.29, 1.82) is 0 Å². The monoisotopic (exact) mass is 191 g/mol. The summed E-state index contributed by atoms with van der Waals surface area (Å²) in [7, 11) is 0. The van der Waals surface area contributed by atoms with Crippen LogP contribution >= 0.6 is 0 Å². The van der Waals surface area contributed by atoms with Gasteiger partial charge in [-0.25, -0.2) is 0 Å². The van der Waals surface area contributed by atoms with Crippen LogP contribution in [0.5, 0.6) is 0 Å². The fourth-order valence-electron chi connectivity index (χ4n) is 0.313. The van der Waals surface area contributed by atoms with E-state index in [1.54, 1.807) is 33.2 Å². The van der Waals surface area contributed by atoms with Gasteiger partial charge in [0.25, 0.3) is 0 Å². The van der Waals surface area contributed by atoms with Crippen LogP contribution in [-0.2, 0) is 0 Å². The van der Waals surface area contributed by atoms with E-state index < -0.39 is 5.60 Å². The minimum atomic E-state index is -0.750. The van der Waals surface area contributed by atoms with E-state index in [1.807, 2.05) is 18.2 Å². The third-order valence-electron chi connectivity index (χ3n) is 0.566. The third kappa shape index (κ3) is 22.4. The molecule has 1 rings (SSSR count). The first-order chi connectivity index (χ1) is 5.00. The summed E-state index contributed by atoms with van der Waals surface area (Å²) in [5, 5.41) is 10.1. The molecule has 1 aromatic heterocycles. The van der Waals surface area contributed by atoms with Gasteiger partial charge in [0.05, 0.1) is 0 Å². The molecule has 0 amide bonds. The summed E-state index contributed by atoms with van der Waals surface area (Å²) in [5.74, 6) is 0. The molecule has 0 radical (unpaired) electrons. The molecule has 3 heteroatoms. The van der Waals surface area contributed by atoms with Crippen molar-refractivity contribution in [3.63, 3.8) is 0 Å². The first-order valence-corrected chi connectivity index (χ1v) is 3.55. The number of hydrogen-bond acceptors (Lipinski definition) is 2. The Hall–Kier alpha value is 0.746. The smallest absolute Gasteiger partial charge is 0.850 e. The van der Waals surface area contributed by atoms with Gasteiger partial charge in [-0.1, -0.05) is 26.8 Å². The Morgan fingerprint density at radius 1 is 1.00 bits per heavy atom. The van der Waals surface area contributed by atoms with Crippen molar-refractivity contribution in [2.24, 2.45) is 0 Å². The Morgan fingerprint density at radius 2 is 1.33 bits per heavy atom. The van der Waals surface area contributed by atoms with Crippen LogP contribution in [0.15, 0.2) is 30.6 Å². The van der Waals surface area contributed by atoms with E-state index in [0.717, 1.165) is 0 Å². The van der Waals surface area contributed by atoms with Crippen LogP contribution < -0.4 is 56.5 Å². The average Bonchev–Trinajstić information content (AvgIpc) is 1.88. The Balaban J connectivity index is 0. The van der Waals surface area contributed by atoms with Crippen molar-refractivity contribution in [2.75, 3.05) is 0 Å². The number of hydrogen-bond donors (Lipinski definition) is 0. The second-order valence-electron chi connectivity index (χ2n) is 3.14. The van der Waals surface area contributed by atoms with Gasteiger partial charge < -0.3 is 5.11 Å². The molecule has 0 unspecified atom stereocenters. The molecule has 0 saturated heterocycles. The molecule has 12 heavy (non-hydrogen) atoms. The van der Waals surface area contributed by atoms with E-state index in [4.69, 9.17) is 0 Å². The molecule has 0 atom stereocenters. The van der Waals surface area contributed by atoms with Gasteiger partial charge in [0.1, 0.15) is 0 Å². The van der Waals surface area contributed by atoms with Gasteiger partial charge in [-0.15, -0.1) is 5.60 Å². The average molecular weight is 191 g/mol. The SMILES string of the molecule is CC(C)(C)[O-].[K+].c1ccncc1. The van der Waals surface area contributed by atoms with Crippen molar-refractivity contribution in [1.82, 2.24) is 4.98 Å². The molecule has 0 spiro atoms. The predicted molar refractivity (Wildman–Crippen MR) is 44.0 cm³/mol. The van der Waals surface area contributed by atoms with Crippen LogP contribution in [0.25, 0.3) is 0 Å². The molecule has 2 nitrogen and oxygen atoms in total. The Morgan fingerprint density at radius 3 is 1.42 bits per heavy atom. The predicted octanol–water partition coefficient (Wildman–Crippen LogP) is -1.77. The topological polar surface area (TPSA) is 36.0 Å². The maximum absolute atomic E-state index is 10.1. The molecule has 1 aromatic rings. The molecule has 0 aromatic carbocycles. The van der Waals surface area contributed by atoms with Crippen LogP contribution in [0.4, 0.5) is 0 Å². The molecule has 0 aliphatic rings. The first kappa shape index (κ1) is 15.2. The van der Waals surface area contributed by atoms with Crippen molar-refractivity contribution in [3.8, 4) is 0 Å². The van der Waals surface area contributed by atoms with E-state index >= 15 is 0 Å². The van der Waals surface area contributed by atoms with Crippen molar-refractivity contribution in [2.45, 2.75) is 26.4 Å². The molecule has 0 bridgehead atoms. The minimum Gasteiger partial charge on any atom is -0.850 e. The van der Waals surface area contributed by atoms with E-state index in [2.05, 4.69) is 4.98 Å². The van der Waals surface area contributed by atoms with Gasteiger partial charge in [0.15, 0.2) is 0 Å². The van der Waals surface area contributed by atoms with E-state index in [1.165, 1.54) is 0 Å². The van der Waals surface area contributed by atoms with Crippen LogP contribution in [0, 0.1) is 0 Å². The van der Waals surface area contributed by atoms with Gasteiger partial charge in [-0.2, -0.15) is 0 Å². The minimum absolute atomic E-state index is 0. The summed E-state index contributed by atoms with van der Waals surface area (Å²) in [6, 6.07) is 5.72. The number of nitrogens with zero attached hydrogens (tertiary/aromatic N) is 1. The van der Waals surface area contributed by atoms with Crippen molar-refractivity contribution < 1.29 is 56.5 Å². The van der Waals surface area contributed by atoms with Crippen LogP contribution in [0.3, 0.4) is 0 Å².